The molecular weight excluding hydrogens is 457 g/mol. The predicted octanol–water partition coefficient (Wildman–Crippen LogP) is 5.08. The van der Waals surface area contributed by atoms with Crippen LogP contribution in [0.2, 0.25) is 5.02 Å². The van der Waals surface area contributed by atoms with Gasteiger partial charge in [-0.25, -0.2) is 9.78 Å². The fourth-order valence-electron chi connectivity index (χ4n) is 4.72. The van der Waals surface area contributed by atoms with Crippen molar-refractivity contribution in [2.24, 2.45) is 17.8 Å². The number of likely N-dealkylation sites (tertiary alicyclic amines) is 1. The highest BCUT2D eigenvalue weighted by atomic mass is 35.5. The van der Waals surface area contributed by atoms with E-state index in [2.05, 4.69) is 11.9 Å². The van der Waals surface area contributed by atoms with Crippen LogP contribution < -0.4 is 4.74 Å². The number of rotatable bonds is 9. The highest BCUT2D eigenvalue weighted by Gasteiger charge is 2.56. The first-order chi connectivity index (χ1) is 15.7. The topological polar surface area (TPSA) is 50.6 Å². The first kappa shape index (κ1) is 23.9. The van der Waals surface area contributed by atoms with Crippen LogP contribution in [-0.2, 0) is 13.1 Å². The summed E-state index contributed by atoms with van der Waals surface area (Å²) in [6.07, 6.45) is -1.13. The van der Waals surface area contributed by atoms with Crippen LogP contribution in [0.3, 0.4) is 0 Å². The lowest BCUT2D eigenvalue weighted by molar-refractivity contribution is -0.137. The van der Waals surface area contributed by atoms with Crippen molar-refractivity contribution in [3.05, 3.63) is 47.4 Å². The molecule has 2 atom stereocenters. The van der Waals surface area contributed by atoms with Gasteiger partial charge >= 0.3 is 12.3 Å². The summed E-state index contributed by atoms with van der Waals surface area (Å²) in [5.41, 5.74) is 0.883. The van der Waals surface area contributed by atoms with Gasteiger partial charge in [-0.2, -0.15) is 13.2 Å². The van der Waals surface area contributed by atoms with Gasteiger partial charge in [0.05, 0.1) is 18.9 Å². The maximum atomic E-state index is 13.0. The van der Waals surface area contributed by atoms with Crippen molar-refractivity contribution in [3.63, 3.8) is 0 Å². The van der Waals surface area contributed by atoms with Gasteiger partial charge in [-0.05, 0) is 41.9 Å². The molecule has 4 rings (SSSR count). The number of imidazole rings is 1. The fraction of sp³-hybridized carbons (Fsp3) is 0.565. The smallest absolute Gasteiger partial charge is 0.389 e. The van der Waals surface area contributed by atoms with E-state index in [9.17, 15) is 18.0 Å². The van der Waals surface area contributed by atoms with Gasteiger partial charge in [0.25, 0.3) is 0 Å². The second kappa shape index (κ2) is 9.93. The molecule has 10 heteroatoms. The number of benzene rings is 1. The maximum Gasteiger partial charge on any atom is 0.416 e. The Balaban J connectivity index is 1.37. The van der Waals surface area contributed by atoms with Crippen LogP contribution in [0.4, 0.5) is 18.0 Å². The van der Waals surface area contributed by atoms with Crippen LogP contribution in [0.5, 0.6) is 5.88 Å². The zero-order chi connectivity index (χ0) is 23.6. The average molecular weight is 485 g/mol. The van der Waals surface area contributed by atoms with Gasteiger partial charge in [0, 0.05) is 44.3 Å². The summed E-state index contributed by atoms with van der Waals surface area (Å²) >= 11 is 6.11. The molecule has 0 N–H and O–H groups in total. The summed E-state index contributed by atoms with van der Waals surface area (Å²) in [7, 11) is 0. The number of aryl methyl sites for hydroxylation is 1. The zero-order valence-corrected chi connectivity index (χ0v) is 19.2. The molecule has 6 nitrogen and oxygen atoms in total. The number of hydrogen-bond donors (Lipinski definition) is 0. The van der Waals surface area contributed by atoms with Crippen molar-refractivity contribution in [2.75, 3.05) is 26.2 Å². The van der Waals surface area contributed by atoms with E-state index in [1.165, 1.54) is 0 Å². The Hall–Kier alpha value is -2.26. The van der Waals surface area contributed by atoms with Gasteiger partial charge in [0.15, 0.2) is 0 Å². The number of piperidine rings is 1. The number of fused-ring (bicyclic) bond motifs is 1. The molecule has 0 radical (unpaired) electrons. The van der Waals surface area contributed by atoms with Crippen molar-refractivity contribution >= 4 is 17.7 Å². The SMILES string of the molecule is CCCn1cnc(OC(=O)N(Cc2cccc(Cl)c2)CC2C3CN(CCC(F)(F)F)CC32)c1. The molecule has 2 fully saturated rings. The Kier molecular flexibility index (Phi) is 7.19. The first-order valence-corrected chi connectivity index (χ1v) is 11.6. The molecule has 0 bridgehead atoms. The van der Waals surface area contributed by atoms with E-state index in [0.717, 1.165) is 18.5 Å². The summed E-state index contributed by atoms with van der Waals surface area (Å²) in [6.45, 7) is 4.99. The minimum atomic E-state index is -4.13. The first-order valence-electron chi connectivity index (χ1n) is 11.2. The standard InChI is InChI=1S/C23H28ClF3N4O2/c1-2-7-30-14-21(28-15-30)33-22(32)31(10-16-4-3-5-17(24)9-16)13-20-18-11-29(12-19(18)20)8-6-23(25,26)27/h3-5,9,14-15,18-20H,2,6-8,10-13H2,1H3. The number of ether oxygens (including phenoxy) is 1. The van der Waals surface area contributed by atoms with E-state index in [1.54, 1.807) is 23.5 Å². The highest BCUT2D eigenvalue weighted by Crippen LogP contribution is 2.52. The van der Waals surface area contributed by atoms with Crippen LogP contribution in [0.25, 0.3) is 0 Å². The monoisotopic (exact) mass is 484 g/mol. The van der Waals surface area contributed by atoms with Gasteiger partial charge in [0.1, 0.15) is 0 Å². The summed E-state index contributed by atoms with van der Waals surface area (Å²) in [6, 6.07) is 7.31. The molecule has 2 aliphatic rings. The predicted molar refractivity (Wildman–Crippen MR) is 118 cm³/mol. The second-order valence-corrected chi connectivity index (χ2v) is 9.38. The molecule has 1 saturated carbocycles. The van der Waals surface area contributed by atoms with Crippen molar-refractivity contribution < 1.29 is 22.7 Å². The van der Waals surface area contributed by atoms with Crippen LogP contribution in [-0.4, -0.2) is 57.8 Å². The van der Waals surface area contributed by atoms with Gasteiger partial charge in [-0.15, -0.1) is 0 Å². The van der Waals surface area contributed by atoms with E-state index in [0.29, 0.717) is 43.0 Å². The lowest BCUT2D eigenvalue weighted by Crippen LogP contribution is -2.37. The van der Waals surface area contributed by atoms with Crippen LogP contribution in [0.1, 0.15) is 25.3 Å². The molecule has 1 amide bonds. The fourth-order valence-corrected chi connectivity index (χ4v) is 4.93. The molecule has 1 aromatic heterocycles. The van der Waals surface area contributed by atoms with Gasteiger partial charge in [-0.1, -0.05) is 30.7 Å². The third-order valence-electron chi connectivity index (χ3n) is 6.39. The van der Waals surface area contributed by atoms with Crippen molar-refractivity contribution in [3.8, 4) is 5.88 Å². The Labute approximate surface area is 196 Å². The molecule has 1 saturated heterocycles. The number of nitrogens with zero attached hydrogens (tertiary/aromatic N) is 4. The number of alkyl halides is 3. The van der Waals surface area contributed by atoms with Crippen molar-refractivity contribution in [2.45, 2.75) is 39.0 Å². The second-order valence-electron chi connectivity index (χ2n) is 8.94. The van der Waals surface area contributed by atoms with Crippen molar-refractivity contribution in [1.29, 1.82) is 0 Å². The van der Waals surface area contributed by atoms with Gasteiger partial charge < -0.3 is 19.1 Å². The minimum absolute atomic E-state index is 0.0396. The molecule has 33 heavy (non-hydrogen) atoms. The van der Waals surface area contributed by atoms with Crippen LogP contribution in [0, 0.1) is 17.8 Å². The highest BCUT2D eigenvalue weighted by molar-refractivity contribution is 6.30. The molecule has 2 heterocycles. The van der Waals surface area contributed by atoms with E-state index >= 15 is 0 Å². The zero-order valence-electron chi connectivity index (χ0n) is 18.5. The lowest BCUT2D eigenvalue weighted by Gasteiger charge is -2.25. The minimum Gasteiger partial charge on any atom is -0.389 e. The number of carbonyl (C=O) groups is 1. The summed E-state index contributed by atoms with van der Waals surface area (Å²) in [5.74, 6) is 1.14. The number of amides is 1. The van der Waals surface area contributed by atoms with E-state index in [1.807, 2.05) is 27.7 Å². The van der Waals surface area contributed by atoms with Crippen LogP contribution >= 0.6 is 11.6 Å². The van der Waals surface area contributed by atoms with E-state index in [4.69, 9.17) is 16.3 Å². The van der Waals surface area contributed by atoms with Crippen LogP contribution in [0.15, 0.2) is 36.8 Å². The van der Waals surface area contributed by atoms with E-state index in [-0.39, 0.29) is 18.3 Å². The Morgan fingerprint density at radius 3 is 2.70 bits per heavy atom. The average Bonchev–Trinajstić information content (AvgIpc) is 3.09. The Morgan fingerprint density at radius 1 is 1.27 bits per heavy atom. The largest absolute Gasteiger partial charge is 0.416 e. The summed E-state index contributed by atoms with van der Waals surface area (Å²) in [4.78, 5) is 20.7. The maximum absolute atomic E-state index is 13.0. The molecule has 0 spiro atoms. The lowest BCUT2D eigenvalue weighted by atomic mass is 10.2. The normalized spacial score (nSPS) is 22.3. The quantitative estimate of drug-likeness (QED) is 0.498. The van der Waals surface area contributed by atoms with Gasteiger partial charge in [0.2, 0.25) is 5.88 Å². The molecule has 1 aliphatic carbocycles. The Bertz CT molecular complexity index is 955. The molecular formula is C23H28ClF3N4O2. The third kappa shape index (κ3) is 6.41. The molecule has 180 valence electrons. The number of halogens is 4. The van der Waals surface area contributed by atoms with Crippen molar-refractivity contribution in [1.82, 2.24) is 19.4 Å². The van der Waals surface area contributed by atoms with E-state index < -0.39 is 18.7 Å². The third-order valence-corrected chi connectivity index (χ3v) is 6.63. The molecule has 1 aromatic carbocycles. The molecule has 2 unspecified atom stereocenters. The number of aromatic nitrogens is 2. The number of carbonyl (C=O) groups excluding carboxylic acids is 1. The number of hydrogen-bond acceptors (Lipinski definition) is 4. The Morgan fingerprint density at radius 2 is 2.03 bits per heavy atom. The molecule has 1 aliphatic heterocycles. The van der Waals surface area contributed by atoms with Gasteiger partial charge in [-0.3, -0.25) is 0 Å². The summed E-state index contributed by atoms with van der Waals surface area (Å²) in [5, 5.41) is 0.586. The molecule has 2 aromatic rings. The summed E-state index contributed by atoms with van der Waals surface area (Å²) < 4.78 is 44.9.